The first-order valence-corrected chi connectivity index (χ1v) is 12.5. The predicted molar refractivity (Wildman–Crippen MR) is 137 cm³/mol. The molecule has 3 aromatic rings. The lowest BCUT2D eigenvalue weighted by Gasteiger charge is -2.25. The molecule has 11 heteroatoms. The van der Waals surface area contributed by atoms with E-state index in [-0.39, 0.29) is 20.6 Å². The second kappa shape index (κ2) is 11.4. The molecule has 0 saturated heterocycles. The van der Waals surface area contributed by atoms with E-state index in [1.165, 1.54) is 38.5 Å². The monoisotopic (exact) mass is 535 g/mol. The number of hydrazone groups is 1. The van der Waals surface area contributed by atoms with Crippen molar-refractivity contribution in [2.24, 2.45) is 5.10 Å². The van der Waals surface area contributed by atoms with Crippen molar-refractivity contribution in [3.63, 3.8) is 0 Å². The van der Waals surface area contributed by atoms with Crippen LogP contribution in [0, 0.1) is 0 Å². The molecule has 0 unspecified atom stereocenters. The molecule has 0 aromatic heterocycles. The summed E-state index contributed by atoms with van der Waals surface area (Å²) in [7, 11) is -1.10. The van der Waals surface area contributed by atoms with E-state index in [0.29, 0.717) is 22.8 Å². The van der Waals surface area contributed by atoms with Crippen LogP contribution < -0.4 is 19.2 Å². The lowest BCUT2D eigenvalue weighted by Crippen LogP contribution is -2.40. The van der Waals surface area contributed by atoms with Gasteiger partial charge in [-0.3, -0.25) is 9.10 Å². The predicted octanol–water partition coefficient (Wildman–Crippen LogP) is 4.75. The second-order valence-corrected chi connectivity index (χ2v) is 9.85. The van der Waals surface area contributed by atoms with Crippen LogP contribution in [0.25, 0.3) is 0 Å². The lowest BCUT2D eigenvalue weighted by molar-refractivity contribution is -0.119. The number of carbonyl (C=O) groups excluding carboxylic acids is 1. The highest BCUT2D eigenvalue weighted by Gasteiger charge is 2.29. The Morgan fingerprint density at radius 2 is 1.66 bits per heavy atom. The van der Waals surface area contributed by atoms with E-state index in [9.17, 15) is 13.2 Å². The number of carbonyl (C=O) groups is 1. The molecule has 0 atom stereocenters. The largest absolute Gasteiger partial charge is 0.493 e. The van der Waals surface area contributed by atoms with Crippen molar-refractivity contribution in [2.75, 3.05) is 25.1 Å². The Balaban J connectivity index is 1.89. The molecule has 0 heterocycles. The summed E-state index contributed by atoms with van der Waals surface area (Å²) in [6.07, 6.45) is 0. The van der Waals surface area contributed by atoms with Gasteiger partial charge in [0, 0.05) is 5.56 Å². The van der Waals surface area contributed by atoms with Crippen molar-refractivity contribution in [2.45, 2.75) is 11.8 Å². The number of benzene rings is 3. The van der Waals surface area contributed by atoms with Crippen LogP contribution in [0.1, 0.15) is 12.5 Å². The zero-order valence-electron chi connectivity index (χ0n) is 19.2. The van der Waals surface area contributed by atoms with Gasteiger partial charge in [-0.1, -0.05) is 47.5 Å². The van der Waals surface area contributed by atoms with Crippen LogP contribution in [0.15, 0.2) is 76.7 Å². The van der Waals surface area contributed by atoms with Gasteiger partial charge in [0.05, 0.1) is 40.6 Å². The number of methoxy groups -OCH3 is 2. The molecule has 8 nitrogen and oxygen atoms in total. The van der Waals surface area contributed by atoms with E-state index in [4.69, 9.17) is 32.7 Å². The molecule has 0 saturated carbocycles. The van der Waals surface area contributed by atoms with E-state index in [1.54, 1.807) is 49.4 Å². The number of anilines is 1. The molecule has 35 heavy (non-hydrogen) atoms. The van der Waals surface area contributed by atoms with Crippen LogP contribution in [-0.4, -0.2) is 40.8 Å². The summed E-state index contributed by atoms with van der Waals surface area (Å²) in [5.74, 6) is 0.371. The Bertz CT molecular complexity index is 1350. The zero-order chi connectivity index (χ0) is 25.6. The molecule has 0 bridgehead atoms. The quantitative estimate of drug-likeness (QED) is 0.315. The minimum absolute atomic E-state index is 0.00569. The molecule has 1 amide bonds. The summed E-state index contributed by atoms with van der Waals surface area (Å²) in [6, 6.07) is 17.4. The fourth-order valence-corrected chi connectivity index (χ4v) is 5.04. The third-order valence-electron chi connectivity index (χ3n) is 4.97. The van der Waals surface area contributed by atoms with Gasteiger partial charge in [-0.05, 0) is 49.4 Å². The van der Waals surface area contributed by atoms with Gasteiger partial charge < -0.3 is 9.47 Å². The first kappa shape index (κ1) is 26.3. The molecule has 0 aliphatic carbocycles. The lowest BCUT2D eigenvalue weighted by atomic mass is 10.1. The van der Waals surface area contributed by atoms with Gasteiger partial charge in [-0.25, -0.2) is 13.8 Å². The fourth-order valence-electron chi connectivity index (χ4n) is 3.14. The van der Waals surface area contributed by atoms with E-state index in [0.717, 1.165) is 4.31 Å². The zero-order valence-corrected chi connectivity index (χ0v) is 21.5. The maximum absolute atomic E-state index is 13.4. The Morgan fingerprint density at radius 3 is 2.31 bits per heavy atom. The Hall–Kier alpha value is -3.27. The van der Waals surface area contributed by atoms with Gasteiger partial charge in [-0.2, -0.15) is 5.10 Å². The fraction of sp³-hybridized carbons (Fsp3) is 0.167. The third kappa shape index (κ3) is 6.05. The van der Waals surface area contributed by atoms with Crippen LogP contribution in [0.4, 0.5) is 5.69 Å². The SMILES string of the molecule is COc1ccc(/C(C)=N\NC(=O)CN(c2cccc(Cl)c2Cl)S(=O)(=O)c2ccccc2)cc1OC. The maximum atomic E-state index is 13.4. The molecule has 1 N–H and O–H groups in total. The van der Waals surface area contributed by atoms with Crippen molar-refractivity contribution in [1.82, 2.24) is 5.43 Å². The van der Waals surface area contributed by atoms with Crippen LogP contribution in [-0.2, 0) is 14.8 Å². The summed E-state index contributed by atoms with van der Waals surface area (Å²) in [4.78, 5) is 12.8. The number of amides is 1. The van der Waals surface area contributed by atoms with Gasteiger partial charge in [0.2, 0.25) is 0 Å². The van der Waals surface area contributed by atoms with Crippen molar-refractivity contribution in [3.05, 3.63) is 82.3 Å². The summed E-state index contributed by atoms with van der Waals surface area (Å²) < 4.78 is 38.2. The number of nitrogens with zero attached hydrogens (tertiary/aromatic N) is 2. The van der Waals surface area contributed by atoms with E-state index >= 15 is 0 Å². The van der Waals surface area contributed by atoms with E-state index in [2.05, 4.69) is 10.5 Å². The molecule has 0 fully saturated rings. The topological polar surface area (TPSA) is 97.3 Å². The highest BCUT2D eigenvalue weighted by atomic mass is 35.5. The first-order valence-electron chi connectivity index (χ1n) is 10.3. The van der Waals surface area contributed by atoms with Crippen molar-refractivity contribution < 1.29 is 22.7 Å². The number of rotatable bonds is 9. The van der Waals surface area contributed by atoms with Gasteiger partial charge in [0.1, 0.15) is 6.54 Å². The van der Waals surface area contributed by atoms with Crippen molar-refractivity contribution in [1.29, 1.82) is 0 Å². The van der Waals surface area contributed by atoms with Gasteiger partial charge in [0.25, 0.3) is 15.9 Å². The highest BCUT2D eigenvalue weighted by Crippen LogP contribution is 2.35. The summed E-state index contributed by atoms with van der Waals surface area (Å²) >= 11 is 12.4. The average Bonchev–Trinajstić information content (AvgIpc) is 2.87. The van der Waals surface area contributed by atoms with Crippen LogP contribution in [0.3, 0.4) is 0 Å². The third-order valence-corrected chi connectivity index (χ3v) is 7.55. The van der Waals surface area contributed by atoms with Crippen molar-refractivity contribution >= 4 is 50.5 Å². The van der Waals surface area contributed by atoms with Crippen LogP contribution in [0.5, 0.6) is 11.5 Å². The number of hydrogen-bond donors (Lipinski definition) is 1. The number of ether oxygens (including phenoxy) is 2. The Kier molecular flexibility index (Phi) is 8.61. The summed E-state index contributed by atoms with van der Waals surface area (Å²) in [5.41, 5.74) is 3.61. The molecule has 0 aliphatic rings. The van der Waals surface area contributed by atoms with Gasteiger partial charge in [0.15, 0.2) is 11.5 Å². The normalized spacial score (nSPS) is 11.6. The number of halogens is 2. The molecule has 3 rings (SSSR count). The summed E-state index contributed by atoms with van der Waals surface area (Å²) in [5, 5.41) is 4.27. The second-order valence-electron chi connectivity index (χ2n) is 7.20. The average molecular weight is 536 g/mol. The maximum Gasteiger partial charge on any atom is 0.264 e. The number of hydrogen-bond acceptors (Lipinski definition) is 6. The minimum atomic E-state index is -4.15. The van der Waals surface area contributed by atoms with Crippen LogP contribution in [0.2, 0.25) is 10.0 Å². The minimum Gasteiger partial charge on any atom is -0.493 e. The standard InChI is InChI=1S/C24H23Cl2N3O5S/c1-16(17-12-13-21(33-2)22(14-17)34-3)27-28-23(30)15-29(20-11-7-10-19(25)24(20)26)35(31,32)18-8-5-4-6-9-18/h4-14H,15H2,1-3H3,(H,28,30)/b27-16-. The van der Waals surface area contributed by atoms with Gasteiger partial charge in [-0.15, -0.1) is 0 Å². The number of nitrogens with one attached hydrogen (secondary N) is 1. The Morgan fingerprint density at radius 1 is 0.971 bits per heavy atom. The highest BCUT2D eigenvalue weighted by molar-refractivity contribution is 7.92. The Labute approximate surface area is 214 Å². The molecule has 3 aromatic carbocycles. The first-order chi connectivity index (χ1) is 16.7. The molecule has 0 spiro atoms. The molecule has 184 valence electrons. The molecule has 0 aliphatic heterocycles. The number of sulfonamides is 1. The van der Waals surface area contributed by atoms with Crippen molar-refractivity contribution in [3.8, 4) is 11.5 Å². The van der Waals surface area contributed by atoms with Crippen LogP contribution >= 0.6 is 23.2 Å². The van der Waals surface area contributed by atoms with E-state index < -0.39 is 22.5 Å². The smallest absolute Gasteiger partial charge is 0.264 e. The van der Waals surface area contributed by atoms with Gasteiger partial charge >= 0.3 is 0 Å². The molecular formula is C24H23Cl2N3O5S. The summed E-state index contributed by atoms with van der Waals surface area (Å²) in [6.45, 7) is 1.11. The molecule has 0 radical (unpaired) electrons. The molecular weight excluding hydrogens is 513 g/mol. The van der Waals surface area contributed by atoms with E-state index in [1.807, 2.05) is 0 Å².